The largest absolute Gasteiger partial charge is 0.324 e. The fourth-order valence-corrected chi connectivity index (χ4v) is 3.18. The molecule has 1 amide bonds. The van der Waals surface area contributed by atoms with Gasteiger partial charge in [-0.1, -0.05) is 32.0 Å². The summed E-state index contributed by atoms with van der Waals surface area (Å²) in [5, 5.41) is 2.98. The molecule has 0 saturated carbocycles. The maximum atomic E-state index is 12.4. The van der Waals surface area contributed by atoms with Gasteiger partial charge in [0.15, 0.2) is 0 Å². The lowest BCUT2D eigenvalue weighted by molar-refractivity contribution is -0.116. The first kappa shape index (κ1) is 17.5. The number of anilines is 1. The Morgan fingerprint density at radius 2 is 1.83 bits per heavy atom. The molecule has 0 saturated heterocycles. The molecule has 0 radical (unpaired) electrons. The van der Waals surface area contributed by atoms with Crippen molar-refractivity contribution in [2.75, 3.05) is 5.32 Å². The Morgan fingerprint density at radius 3 is 2.39 bits per heavy atom. The van der Waals surface area contributed by atoms with Crippen LogP contribution in [0.5, 0.6) is 0 Å². The smallest absolute Gasteiger partial charge is 0.265 e. The second kappa shape index (κ2) is 7.59. The minimum absolute atomic E-state index is 0.000314. The van der Waals surface area contributed by atoms with Gasteiger partial charge in [-0.2, -0.15) is 0 Å². The molecule has 0 fully saturated rings. The number of aromatic nitrogens is 1. The number of rotatable bonds is 5. The third-order valence-electron chi connectivity index (χ3n) is 3.76. The second-order valence-corrected chi connectivity index (χ2v) is 6.36. The monoisotopic (exact) mass is 376 g/mol. The van der Waals surface area contributed by atoms with Crippen molar-refractivity contribution in [3.05, 3.63) is 62.0 Å². The third kappa shape index (κ3) is 4.10. The summed E-state index contributed by atoms with van der Waals surface area (Å²) < 4.78 is 1.89. The molecular weight excluding hydrogens is 356 g/mol. The van der Waals surface area contributed by atoms with Crippen LogP contribution in [0.15, 0.2) is 39.7 Å². The molecule has 122 valence electrons. The van der Waals surface area contributed by atoms with Crippen molar-refractivity contribution in [1.29, 1.82) is 0 Å². The molecule has 5 heteroatoms. The van der Waals surface area contributed by atoms with Gasteiger partial charge in [0.1, 0.15) is 6.54 Å². The predicted octanol–water partition coefficient (Wildman–Crippen LogP) is 3.68. The van der Waals surface area contributed by atoms with Crippen molar-refractivity contribution < 1.29 is 4.79 Å². The third-order valence-corrected chi connectivity index (χ3v) is 4.32. The molecule has 1 aromatic carbocycles. The number of hydrogen-bond donors (Lipinski definition) is 1. The standard InChI is InChI=1S/C18H21BrN2O2/c1-4-13-7-6-8-14(5-2)17(13)20-16(22)11-21-10-12(3)9-15(19)18(21)23/h6-10H,4-5,11H2,1-3H3,(H,20,22). The van der Waals surface area contributed by atoms with Gasteiger partial charge in [-0.15, -0.1) is 0 Å². The van der Waals surface area contributed by atoms with Crippen LogP contribution in [0.1, 0.15) is 30.5 Å². The normalized spacial score (nSPS) is 10.6. The van der Waals surface area contributed by atoms with Gasteiger partial charge < -0.3 is 9.88 Å². The average molecular weight is 377 g/mol. The Labute approximate surface area is 144 Å². The maximum absolute atomic E-state index is 12.4. The van der Waals surface area contributed by atoms with Gasteiger partial charge in [0.05, 0.1) is 4.47 Å². The molecule has 0 spiro atoms. The van der Waals surface area contributed by atoms with E-state index in [1.807, 2.05) is 25.1 Å². The zero-order valence-corrected chi connectivity index (χ0v) is 15.2. The fourth-order valence-electron chi connectivity index (χ4n) is 2.59. The van der Waals surface area contributed by atoms with E-state index in [9.17, 15) is 9.59 Å². The SMILES string of the molecule is CCc1cccc(CC)c1NC(=O)Cn1cc(C)cc(Br)c1=O. The van der Waals surface area contributed by atoms with Crippen LogP contribution in [0.3, 0.4) is 0 Å². The highest BCUT2D eigenvalue weighted by molar-refractivity contribution is 9.10. The molecule has 23 heavy (non-hydrogen) atoms. The van der Waals surface area contributed by atoms with Gasteiger partial charge in [0, 0.05) is 11.9 Å². The number of carbonyl (C=O) groups excluding carboxylic acids is 1. The number of aryl methyl sites for hydroxylation is 3. The van der Waals surface area contributed by atoms with Crippen molar-refractivity contribution in [2.45, 2.75) is 40.2 Å². The number of nitrogens with zero attached hydrogens (tertiary/aromatic N) is 1. The summed E-state index contributed by atoms with van der Waals surface area (Å²) in [4.78, 5) is 24.5. The lowest BCUT2D eigenvalue weighted by atomic mass is 10.0. The minimum Gasteiger partial charge on any atom is -0.324 e. The topological polar surface area (TPSA) is 51.1 Å². The summed E-state index contributed by atoms with van der Waals surface area (Å²) in [7, 11) is 0. The zero-order valence-electron chi connectivity index (χ0n) is 13.6. The van der Waals surface area contributed by atoms with E-state index in [0.717, 1.165) is 35.2 Å². The Bertz CT molecular complexity index is 759. The van der Waals surface area contributed by atoms with Crippen LogP contribution in [0.4, 0.5) is 5.69 Å². The summed E-state index contributed by atoms with van der Waals surface area (Å²) in [6.07, 6.45) is 3.39. The highest BCUT2D eigenvalue weighted by Crippen LogP contribution is 2.22. The van der Waals surface area contributed by atoms with Gasteiger partial charge in [-0.05, 0) is 58.5 Å². The molecule has 0 atom stereocenters. The van der Waals surface area contributed by atoms with E-state index in [1.54, 1.807) is 12.3 Å². The molecule has 0 bridgehead atoms. The Morgan fingerprint density at radius 1 is 1.22 bits per heavy atom. The Kier molecular flexibility index (Phi) is 5.77. The van der Waals surface area contributed by atoms with Gasteiger partial charge in [0.25, 0.3) is 5.56 Å². The van der Waals surface area contributed by atoms with Crippen LogP contribution in [0, 0.1) is 6.92 Å². The number of para-hydroxylation sites is 1. The average Bonchev–Trinajstić information content (AvgIpc) is 2.52. The number of carbonyl (C=O) groups is 1. The van der Waals surface area contributed by atoms with E-state index < -0.39 is 0 Å². The van der Waals surface area contributed by atoms with Crippen LogP contribution in [-0.2, 0) is 24.2 Å². The predicted molar refractivity (Wildman–Crippen MR) is 97.0 cm³/mol. The first-order valence-corrected chi connectivity index (χ1v) is 8.52. The van der Waals surface area contributed by atoms with Gasteiger partial charge in [-0.25, -0.2) is 0 Å². The van der Waals surface area contributed by atoms with Crippen molar-refractivity contribution in [1.82, 2.24) is 4.57 Å². The summed E-state index contributed by atoms with van der Waals surface area (Å²) in [5.41, 5.74) is 3.81. The van der Waals surface area contributed by atoms with E-state index >= 15 is 0 Å². The quantitative estimate of drug-likeness (QED) is 0.864. The molecule has 4 nitrogen and oxygen atoms in total. The molecule has 1 heterocycles. The van der Waals surface area contributed by atoms with E-state index in [0.29, 0.717) is 4.47 Å². The van der Waals surface area contributed by atoms with Crippen molar-refractivity contribution >= 4 is 27.5 Å². The van der Waals surface area contributed by atoms with Crippen molar-refractivity contribution in [3.8, 4) is 0 Å². The molecule has 2 aromatic rings. The lowest BCUT2D eigenvalue weighted by Gasteiger charge is -2.15. The minimum atomic E-state index is -0.203. The highest BCUT2D eigenvalue weighted by Gasteiger charge is 2.12. The molecule has 2 rings (SSSR count). The molecule has 1 N–H and O–H groups in total. The molecule has 0 aliphatic rings. The maximum Gasteiger partial charge on any atom is 0.265 e. The highest BCUT2D eigenvalue weighted by atomic mass is 79.9. The van der Waals surface area contributed by atoms with Crippen LogP contribution in [0.2, 0.25) is 0 Å². The van der Waals surface area contributed by atoms with Crippen molar-refractivity contribution in [3.63, 3.8) is 0 Å². The molecule has 0 unspecified atom stereocenters. The lowest BCUT2D eigenvalue weighted by Crippen LogP contribution is -2.28. The van der Waals surface area contributed by atoms with Crippen LogP contribution in [-0.4, -0.2) is 10.5 Å². The molecule has 0 aliphatic carbocycles. The fraction of sp³-hybridized carbons (Fsp3) is 0.333. The summed E-state index contributed by atoms with van der Waals surface area (Å²) in [6, 6.07) is 7.79. The number of halogens is 1. The second-order valence-electron chi connectivity index (χ2n) is 5.50. The van der Waals surface area contributed by atoms with Crippen LogP contribution in [0.25, 0.3) is 0 Å². The summed E-state index contributed by atoms with van der Waals surface area (Å²) in [6.45, 7) is 6.01. The van der Waals surface area contributed by atoms with E-state index in [2.05, 4.69) is 35.1 Å². The van der Waals surface area contributed by atoms with E-state index in [4.69, 9.17) is 0 Å². The van der Waals surface area contributed by atoms with Crippen molar-refractivity contribution in [2.24, 2.45) is 0 Å². The summed E-state index contributed by atoms with van der Waals surface area (Å²) in [5.74, 6) is -0.194. The van der Waals surface area contributed by atoms with Crippen LogP contribution >= 0.6 is 15.9 Å². The number of pyridine rings is 1. The Hall–Kier alpha value is -1.88. The van der Waals surface area contributed by atoms with Crippen LogP contribution < -0.4 is 10.9 Å². The number of amides is 1. The van der Waals surface area contributed by atoms with E-state index in [-0.39, 0.29) is 18.0 Å². The number of benzene rings is 1. The first-order chi connectivity index (χ1) is 11.0. The molecule has 1 aromatic heterocycles. The number of nitrogens with one attached hydrogen (secondary N) is 1. The van der Waals surface area contributed by atoms with Gasteiger partial charge >= 0.3 is 0 Å². The zero-order chi connectivity index (χ0) is 17.0. The van der Waals surface area contributed by atoms with Gasteiger partial charge in [-0.3, -0.25) is 9.59 Å². The Balaban J connectivity index is 2.26. The first-order valence-electron chi connectivity index (χ1n) is 7.73. The number of hydrogen-bond acceptors (Lipinski definition) is 2. The molecule has 0 aliphatic heterocycles. The summed E-state index contributed by atoms with van der Waals surface area (Å²) >= 11 is 3.23. The molecular formula is C18H21BrN2O2. The van der Waals surface area contributed by atoms with E-state index in [1.165, 1.54) is 4.57 Å². The van der Waals surface area contributed by atoms with Gasteiger partial charge in [0.2, 0.25) is 5.91 Å².